The van der Waals surface area contributed by atoms with Crippen LogP contribution in [0.5, 0.6) is 0 Å². The van der Waals surface area contributed by atoms with Gasteiger partial charge in [0.2, 0.25) is 0 Å². The highest BCUT2D eigenvalue weighted by Crippen LogP contribution is 2.39. The number of nitrogens with zero attached hydrogens (tertiary/aromatic N) is 1. The molecule has 9 aromatic rings. The summed E-state index contributed by atoms with van der Waals surface area (Å²) < 4.78 is 6.55. The smallest absolute Gasteiger partial charge is 0.136 e. The van der Waals surface area contributed by atoms with Crippen LogP contribution < -0.4 is 10.6 Å². The number of aliphatic imine (C=N–C) groups is 1. The van der Waals surface area contributed by atoms with Crippen molar-refractivity contribution in [1.29, 1.82) is 0 Å². The van der Waals surface area contributed by atoms with Gasteiger partial charge in [-0.15, -0.1) is 0 Å². The van der Waals surface area contributed by atoms with Crippen molar-refractivity contribution in [1.82, 2.24) is 10.6 Å². The maximum Gasteiger partial charge on any atom is 0.136 e. The highest BCUT2D eigenvalue weighted by atomic mass is 16.3. The number of nitrogens with one attached hydrogen (secondary N) is 2. The van der Waals surface area contributed by atoms with Gasteiger partial charge in [-0.3, -0.25) is 5.32 Å². The highest BCUT2D eigenvalue weighted by Gasteiger charge is 2.29. The first-order valence-corrected chi connectivity index (χ1v) is 18.1. The third-order valence-corrected chi connectivity index (χ3v) is 10.4. The predicted molar refractivity (Wildman–Crippen MR) is 219 cm³/mol. The van der Waals surface area contributed by atoms with Crippen LogP contribution in [0.1, 0.15) is 29.0 Å². The van der Waals surface area contributed by atoms with Crippen molar-refractivity contribution in [2.24, 2.45) is 4.99 Å². The van der Waals surface area contributed by atoms with E-state index in [-0.39, 0.29) is 12.3 Å². The Balaban J connectivity index is 1.12. The van der Waals surface area contributed by atoms with Crippen molar-refractivity contribution in [3.63, 3.8) is 0 Å². The normalized spacial score (nSPS) is 15.7. The number of rotatable bonds is 6. The molecule has 1 aliphatic heterocycles. The first-order valence-electron chi connectivity index (χ1n) is 18.1. The van der Waals surface area contributed by atoms with Gasteiger partial charge in [-0.2, -0.15) is 0 Å². The third kappa shape index (κ3) is 5.76. The number of fused-ring (bicyclic) bond motifs is 4. The van der Waals surface area contributed by atoms with Crippen LogP contribution in [0.25, 0.3) is 66.1 Å². The molecule has 0 radical (unpaired) electrons. The molecule has 10 rings (SSSR count). The fourth-order valence-electron chi connectivity index (χ4n) is 7.75. The summed E-state index contributed by atoms with van der Waals surface area (Å²) in [6.45, 7) is 0. The standard InChI is InChI=1S/C49H35N3O/c1-4-13-32(14-5-1)36-25-23-34-24-26-38(30-39(34)29-36)47-50-48(41-20-11-10-19-40(41)35-17-8-3-9-18-35)52-49(51-47)43-21-12-22-44-46(43)42-28-27-37(31-45(42)53-44)33-15-6-2-7-16-33/h1-31,48-49,52H,(H,50,51). The molecule has 0 amide bonds. The number of amidine groups is 1. The summed E-state index contributed by atoms with van der Waals surface area (Å²) in [5.74, 6) is 0.838. The van der Waals surface area contributed by atoms with Crippen LogP contribution in [-0.2, 0) is 0 Å². The van der Waals surface area contributed by atoms with Gasteiger partial charge < -0.3 is 9.73 Å². The molecule has 252 valence electrons. The Morgan fingerprint density at radius 2 is 1.04 bits per heavy atom. The van der Waals surface area contributed by atoms with Gasteiger partial charge in [-0.25, -0.2) is 4.99 Å². The summed E-state index contributed by atoms with van der Waals surface area (Å²) >= 11 is 0. The zero-order chi connectivity index (χ0) is 35.1. The van der Waals surface area contributed by atoms with Gasteiger partial charge in [0.05, 0.1) is 0 Å². The van der Waals surface area contributed by atoms with E-state index >= 15 is 0 Å². The summed E-state index contributed by atoms with van der Waals surface area (Å²) in [6, 6.07) is 66.4. The topological polar surface area (TPSA) is 49.6 Å². The second kappa shape index (κ2) is 13.1. The zero-order valence-electron chi connectivity index (χ0n) is 28.9. The van der Waals surface area contributed by atoms with E-state index < -0.39 is 0 Å². The van der Waals surface area contributed by atoms with Crippen LogP contribution in [0.15, 0.2) is 197 Å². The number of hydrogen-bond donors (Lipinski definition) is 2. The van der Waals surface area contributed by atoms with E-state index in [9.17, 15) is 0 Å². The lowest BCUT2D eigenvalue weighted by molar-refractivity contribution is 0.411. The second-order valence-electron chi connectivity index (χ2n) is 13.6. The number of benzene rings is 8. The van der Waals surface area contributed by atoms with Crippen LogP contribution in [0, 0.1) is 0 Å². The lowest BCUT2D eigenvalue weighted by atomic mass is 9.95. The van der Waals surface area contributed by atoms with E-state index in [4.69, 9.17) is 9.41 Å². The summed E-state index contributed by atoms with van der Waals surface area (Å²) in [4.78, 5) is 5.44. The molecule has 0 bridgehead atoms. The maximum absolute atomic E-state index is 6.55. The summed E-state index contributed by atoms with van der Waals surface area (Å²) in [5, 5.41) is 12.2. The molecule has 8 aromatic carbocycles. The van der Waals surface area contributed by atoms with Crippen molar-refractivity contribution >= 4 is 38.5 Å². The van der Waals surface area contributed by atoms with Crippen LogP contribution in [0.2, 0.25) is 0 Å². The number of furan rings is 1. The summed E-state index contributed by atoms with van der Waals surface area (Å²) in [6.07, 6.45) is -0.585. The Labute approximate surface area is 308 Å². The first-order chi connectivity index (χ1) is 26.2. The highest BCUT2D eigenvalue weighted by molar-refractivity contribution is 6.08. The van der Waals surface area contributed by atoms with Crippen LogP contribution in [-0.4, -0.2) is 5.84 Å². The van der Waals surface area contributed by atoms with E-state index in [2.05, 4.69) is 193 Å². The molecule has 2 N–H and O–H groups in total. The molecule has 1 aromatic heterocycles. The van der Waals surface area contributed by atoms with Gasteiger partial charge in [0.15, 0.2) is 0 Å². The molecule has 4 heteroatoms. The molecule has 0 spiro atoms. The second-order valence-corrected chi connectivity index (χ2v) is 13.6. The molecule has 0 saturated carbocycles. The quantitative estimate of drug-likeness (QED) is 0.184. The van der Waals surface area contributed by atoms with Gasteiger partial charge in [0, 0.05) is 21.9 Å². The lowest BCUT2D eigenvalue weighted by Gasteiger charge is -2.33. The van der Waals surface area contributed by atoms with Crippen LogP contribution in [0.4, 0.5) is 0 Å². The molecule has 0 fully saturated rings. The summed E-state index contributed by atoms with van der Waals surface area (Å²) in [5.41, 5.74) is 12.0. The van der Waals surface area contributed by atoms with E-state index in [0.29, 0.717) is 0 Å². The van der Waals surface area contributed by atoms with E-state index in [1.807, 2.05) is 6.07 Å². The molecule has 53 heavy (non-hydrogen) atoms. The van der Waals surface area contributed by atoms with Gasteiger partial charge in [0.25, 0.3) is 0 Å². The van der Waals surface area contributed by atoms with Crippen LogP contribution in [0.3, 0.4) is 0 Å². The minimum atomic E-state index is -0.357. The van der Waals surface area contributed by atoms with Gasteiger partial charge in [0.1, 0.15) is 29.3 Å². The fourth-order valence-corrected chi connectivity index (χ4v) is 7.75. The molecule has 0 aliphatic carbocycles. The van der Waals surface area contributed by atoms with Crippen molar-refractivity contribution in [3.05, 3.63) is 205 Å². The summed E-state index contributed by atoms with van der Waals surface area (Å²) in [7, 11) is 0. The largest absolute Gasteiger partial charge is 0.456 e. The molecular weight excluding hydrogens is 647 g/mol. The van der Waals surface area contributed by atoms with E-state index in [1.165, 1.54) is 33.0 Å². The zero-order valence-corrected chi connectivity index (χ0v) is 28.9. The average molecular weight is 682 g/mol. The van der Waals surface area contributed by atoms with Crippen molar-refractivity contribution in [2.45, 2.75) is 12.3 Å². The SMILES string of the molecule is c1ccc(-c2ccc3ccc(C4=NC(c5cccc6oc7cc(-c8ccccc8)ccc7c56)NC(c5ccccc5-c5ccccc5)N4)cc3c2)cc1. The Morgan fingerprint density at radius 3 is 1.79 bits per heavy atom. The van der Waals surface area contributed by atoms with Crippen molar-refractivity contribution < 1.29 is 4.42 Å². The Kier molecular flexibility index (Phi) is 7.67. The van der Waals surface area contributed by atoms with E-state index in [0.717, 1.165) is 55.6 Å². The van der Waals surface area contributed by atoms with Crippen molar-refractivity contribution in [2.75, 3.05) is 0 Å². The molecular formula is C49H35N3O. The maximum atomic E-state index is 6.55. The molecule has 2 unspecified atom stereocenters. The van der Waals surface area contributed by atoms with Gasteiger partial charge in [-0.05, 0) is 80.0 Å². The minimum Gasteiger partial charge on any atom is -0.456 e. The fraction of sp³-hybridized carbons (Fsp3) is 0.0408. The molecule has 2 atom stereocenters. The molecule has 4 nitrogen and oxygen atoms in total. The van der Waals surface area contributed by atoms with Crippen LogP contribution >= 0.6 is 0 Å². The van der Waals surface area contributed by atoms with Crippen molar-refractivity contribution in [3.8, 4) is 33.4 Å². The number of hydrogen-bond acceptors (Lipinski definition) is 4. The molecule has 0 saturated heterocycles. The molecule has 1 aliphatic rings. The average Bonchev–Trinajstić information content (AvgIpc) is 3.62. The molecule has 2 heterocycles. The predicted octanol–water partition coefficient (Wildman–Crippen LogP) is 12.1. The monoisotopic (exact) mass is 681 g/mol. The van der Waals surface area contributed by atoms with E-state index in [1.54, 1.807) is 0 Å². The lowest BCUT2D eigenvalue weighted by Crippen LogP contribution is -2.45. The minimum absolute atomic E-state index is 0.228. The Hall–Kier alpha value is -6.75. The third-order valence-electron chi connectivity index (χ3n) is 10.4. The Morgan fingerprint density at radius 1 is 0.434 bits per heavy atom. The Bertz CT molecular complexity index is 2790. The van der Waals surface area contributed by atoms with Gasteiger partial charge in [-0.1, -0.05) is 158 Å². The van der Waals surface area contributed by atoms with Gasteiger partial charge >= 0.3 is 0 Å². The first kappa shape index (κ1) is 31.0.